The number of urea groups is 1. The Kier molecular flexibility index (Phi) is 5.51. The highest BCUT2D eigenvalue weighted by Gasteiger charge is 2.22. The Balaban J connectivity index is 2.70. The number of amides is 3. The van der Waals surface area contributed by atoms with E-state index in [2.05, 4.69) is 26.6 Å². The molecule has 0 heterocycles. The van der Waals surface area contributed by atoms with Crippen LogP contribution in [0.4, 0.5) is 10.5 Å². The maximum absolute atomic E-state index is 11.7. The van der Waals surface area contributed by atoms with Gasteiger partial charge in [0.25, 0.3) is 0 Å². The third-order valence-corrected chi connectivity index (χ3v) is 2.77. The summed E-state index contributed by atoms with van der Waals surface area (Å²) in [5.74, 6) is -2.14. The normalized spacial score (nSPS) is 11.5. The van der Waals surface area contributed by atoms with Crippen LogP contribution in [0.5, 0.6) is 0 Å². The number of carbonyl (C=O) groups excluding carboxylic acids is 2. The number of carboxylic acid groups (broad SMARTS) is 1. The molecule has 0 bridgehead atoms. The van der Waals surface area contributed by atoms with Gasteiger partial charge in [-0.1, -0.05) is 15.9 Å². The third-order valence-electron chi connectivity index (χ3n) is 2.31. The Bertz CT molecular complexity index is 527. The average Bonchev–Trinajstić information content (AvgIpc) is 2.25. The highest BCUT2D eigenvalue weighted by atomic mass is 79.9. The minimum Gasteiger partial charge on any atom is -0.480 e. The first kappa shape index (κ1) is 16.0. The van der Waals surface area contributed by atoms with Crippen LogP contribution in [0.3, 0.4) is 0 Å². The van der Waals surface area contributed by atoms with Gasteiger partial charge in [-0.05, 0) is 30.7 Å². The lowest BCUT2D eigenvalue weighted by atomic mass is 10.2. The number of hydrogen-bond donors (Lipinski definition) is 4. The number of aliphatic carboxylic acids is 1. The summed E-state index contributed by atoms with van der Waals surface area (Å²) < 4.78 is 0.778. The highest BCUT2D eigenvalue weighted by Crippen LogP contribution is 2.18. The van der Waals surface area contributed by atoms with Crippen LogP contribution >= 0.6 is 15.9 Å². The van der Waals surface area contributed by atoms with Crippen LogP contribution in [0.1, 0.15) is 12.0 Å². The van der Waals surface area contributed by atoms with Crippen LogP contribution in [-0.2, 0) is 9.59 Å². The van der Waals surface area contributed by atoms with Crippen molar-refractivity contribution >= 4 is 39.5 Å². The maximum atomic E-state index is 11.7. The van der Waals surface area contributed by atoms with E-state index >= 15 is 0 Å². The molecule has 1 atom stereocenters. The minimum absolute atomic E-state index is 0.472. The minimum atomic E-state index is -1.36. The number of carbonyl (C=O) groups is 3. The second-order valence-corrected chi connectivity index (χ2v) is 5.09. The van der Waals surface area contributed by atoms with Crippen LogP contribution in [0.25, 0.3) is 0 Å². The van der Waals surface area contributed by atoms with Crippen molar-refractivity contribution in [3.05, 3.63) is 28.2 Å². The van der Waals surface area contributed by atoms with E-state index < -0.39 is 30.4 Å². The zero-order valence-corrected chi connectivity index (χ0v) is 12.2. The van der Waals surface area contributed by atoms with Crippen LogP contribution in [0, 0.1) is 6.92 Å². The number of rotatable bonds is 5. The molecule has 0 saturated carbocycles. The lowest BCUT2D eigenvalue weighted by Crippen LogP contribution is -2.45. The smallest absolute Gasteiger partial charge is 0.326 e. The van der Waals surface area contributed by atoms with E-state index in [1.54, 1.807) is 12.1 Å². The SMILES string of the molecule is Cc1cc(Br)cc(NC(=O)N[C@H](CC(N)=O)C(=O)O)c1. The number of primary amides is 1. The standard InChI is InChI=1S/C12H14BrN3O4/c1-6-2-7(13)4-8(3-6)15-12(20)16-9(11(18)19)5-10(14)17/h2-4,9H,5H2,1H3,(H2,14,17)(H,18,19)(H2,15,16,20)/t9-/m1/s1. The molecule has 1 aromatic carbocycles. The monoisotopic (exact) mass is 343 g/mol. The number of nitrogens with one attached hydrogen (secondary N) is 2. The van der Waals surface area contributed by atoms with Gasteiger partial charge in [-0.3, -0.25) is 4.79 Å². The van der Waals surface area contributed by atoms with Crippen LogP contribution in [0.15, 0.2) is 22.7 Å². The van der Waals surface area contributed by atoms with Gasteiger partial charge in [0.2, 0.25) is 5.91 Å². The second kappa shape index (κ2) is 6.90. The molecular formula is C12H14BrN3O4. The molecule has 0 saturated heterocycles. The fourth-order valence-corrected chi connectivity index (χ4v) is 2.14. The van der Waals surface area contributed by atoms with Crippen molar-refractivity contribution < 1.29 is 19.5 Å². The summed E-state index contributed by atoms with van der Waals surface area (Å²) in [5, 5.41) is 13.5. The largest absolute Gasteiger partial charge is 0.480 e. The zero-order chi connectivity index (χ0) is 15.3. The third kappa shape index (κ3) is 5.27. The van der Waals surface area contributed by atoms with E-state index in [1.807, 2.05) is 13.0 Å². The molecule has 0 aliphatic rings. The Labute approximate surface area is 123 Å². The summed E-state index contributed by atoms with van der Waals surface area (Å²) >= 11 is 3.28. The van der Waals surface area contributed by atoms with Gasteiger partial charge >= 0.3 is 12.0 Å². The van der Waals surface area contributed by atoms with E-state index in [-0.39, 0.29) is 0 Å². The number of nitrogens with two attached hydrogens (primary N) is 1. The Morgan fingerprint density at radius 1 is 1.35 bits per heavy atom. The first-order valence-electron chi connectivity index (χ1n) is 5.63. The average molecular weight is 344 g/mol. The molecule has 0 aliphatic carbocycles. The van der Waals surface area contributed by atoms with Crippen molar-refractivity contribution in [2.75, 3.05) is 5.32 Å². The molecule has 7 nitrogen and oxygen atoms in total. The number of halogens is 1. The van der Waals surface area contributed by atoms with E-state index in [0.717, 1.165) is 10.0 Å². The summed E-state index contributed by atoms with van der Waals surface area (Å²) in [6, 6.07) is 3.15. The first-order chi connectivity index (χ1) is 9.27. The van der Waals surface area contributed by atoms with Crippen LogP contribution in [0.2, 0.25) is 0 Å². The van der Waals surface area contributed by atoms with Gasteiger partial charge in [-0.25, -0.2) is 9.59 Å². The van der Waals surface area contributed by atoms with Crippen molar-refractivity contribution in [3.63, 3.8) is 0 Å². The first-order valence-corrected chi connectivity index (χ1v) is 6.43. The fraction of sp³-hybridized carbons (Fsp3) is 0.250. The summed E-state index contributed by atoms with van der Waals surface area (Å²) in [6.07, 6.45) is -0.472. The van der Waals surface area contributed by atoms with Gasteiger partial charge in [-0.2, -0.15) is 0 Å². The quantitative estimate of drug-likeness (QED) is 0.641. The van der Waals surface area contributed by atoms with E-state index in [9.17, 15) is 14.4 Å². The summed E-state index contributed by atoms with van der Waals surface area (Å²) in [5.41, 5.74) is 6.33. The zero-order valence-electron chi connectivity index (χ0n) is 10.6. The van der Waals surface area contributed by atoms with Crippen molar-refractivity contribution in [1.29, 1.82) is 0 Å². The fourth-order valence-electron chi connectivity index (χ4n) is 1.54. The number of hydrogen-bond acceptors (Lipinski definition) is 3. The van der Waals surface area contributed by atoms with Gasteiger partial charge in [-0.15, -0.1) is 0 Å². The molecule has 0 aromatic heterocycles. The molecule has 0 aliphatic heterocycles. The molecule has 0 fully saturated rings. The molecular weight excluding hydrogens is 330 g/mol. The maximum Gasteiger partial charge on any atom is 0.326 e. The predicted octanol–water partition coefficient (Wildman–Crippen LogP) is 1.21. The molecule has 0 radical (unpaired) electrons. The van der Waals surface area contributed by atoms with E-state index in [4.69, 9.17) is 10.8 Å². The molecule has 1 aromatic rings. The summed E-state index contributed by atoms with van der Waals surface area (Å²) in [7, 11) is 0. The summed E-state index contributed by atoms with van der Waals surface area (Å²) in [6.45, 7) is 1.85. The topological polar surface area (TPSA) is 122 Å². The molecule has 5 N–H and O–H groups in total. The number of benzene rings is 1. The predicted molar refractivity (Wildman–Crippen MR) is 76.3 cm³/mol. The molecule has 1 rings (SSSR count). The Morgan fingerprint density at radius 2 is 2.00 bits per heavy atom. The number of anilines is 1. The van der Waals surface area contributed by atoms with Crippen LogP contribution in [-0.4, -0.2) is 29.1 Å². The van der Waals surface area contributed by atoms with Gasteiger partial charge in [0.1, 0.15) is 6.04 Å². The van der Waals surface area contributed by atoms with Crippen molar-refractivity contribution in [1.82, 2.24) is 5.32 Å². The molecule has 20 heavy (non-hydrogen) atoms. The van der Waals surface area contributed by atoms with E-state index in [0.29, 0.717) is 5.69 Å². The molecule has 108 valence electrons. The van der Waals surface area contributed by atoms with Crippen LogP contribution < -0.4 is 16.4 Å². The summed E-state index contributed by atoms with van der Waals surface area (Å²) in [4.78, 5) is 33.3. The lowest BCUT2D eigenvalue weighted by molar-refractivity contribution is -0.140. The molecule has 0 spiro atoms. The van der Waals surface area contributed by atoms with Gasteiger partial charge in [0.05, 0.1) is 6.42 Å². The van der Waals surface area contributed by atoms with Crippen molar-refractivity contribution in [2.45, 2.75) is 19.4 Å². The number of carboxylic acids is 1. The van der Waals surface area contributed by atoms with E-state index in [1.165, 1.54) is 0 Å². The van der Waals surface area contributed by atoms with Gasteiger partial charge in [0, 0.05) is 10.2 Å². The highest BCUT2D eigenvalue weighted by molar-refractivity contribution is 9.10. The van der Waals surface area contributed by atoms with Crippen molar-refractivity contribution in [2.24, 2.45) is 5.73 Å². The lowest BCUT2D eigenvalue weighted by Gasteiger charge is -2.14. The number of aryl methyl sites for hydroxylation is 1. The Morgan fingerprint density at radius 3 is 2.50 bits per heavy atom. The molecule has 0 unspecified atom stereocenters. The van der Waals surface area contributed by atoms with Crippen molar-refractivity contribution in [3.8, 4) is 0 Å². The van der Waals surface area contributed by atoms with Gasteiger partial charge in [0.15, 0.2) is 0 Å². The molecule has 3 amide bonds. The second-order valence-electron chi connectivity index (χ2n) is 4.18. The Hall–Kier alpha value is -2.09. The molecule has 8 heteroatoms. The van der Waals surface area contributed by atoms with Gasteiger partial charge < -0.3 is 21.5 Å².